The molecule has 0 amide bonds. The van der Waals surface area contributed by atoms with Crippen molar-refractivity contribution in [2.24, 2.45) is 0 Å². The lowest BCUT2D eigenvalue weighted by molar-refractivity contribution is 0.431. The quantitative estimate of drug-likeness (QED) is 0.604. The molecule has 1 aliphatic heterocycles. The lowest BCUT2D eigenvalue weighted by atomic mass is 10.2. The van der Waals surface area contributed by atoms with E-state index in [0.717, 1.165) is 11.3 Å². The summed E-state index contributed by atoms with van der Waals surface area (Å²) in [7, 11) is -3.66. The monoisotopic (exact) mass is 391 g/mol. The maximum atomic E-state index is 13.3. The molecular weight excluding hydrogens is 370 g/mol. The van der Waals surface area contributed by atoms with Crippen LogP contribution in [-0.4, -0.2) is 8.42 Å². The molecule has 142 valence electrons. The Morgan fingerprint density at radius 2 is 1.46 bits per heavy atom. The van der Waals surface area contributed by atoms with E-state index in [-0.39, 0.29) is 9.80 Å². The Hall–Kier alpha value is -3.05. The van der Waals surface area contributed by atoms with Gasteiger partial charge in [-0.25, -0.2) is 8.42 Å². The molecule has 0 saturated heterocycles. The highest BCUT2D eigenvalue weighted by molar-refractivity contribution is 7.95. The summed E-state index contributed by atoms with van der Waals surface area (Å²) in [4.78, 5) is 2.51. The fourth-order valence-electron chi connectivity index (χ4n) is 3.36. The van der Waals surface area contributed by atoms with Crippen LogP contribution in [0.15, 0.2) is 101 Å². The van der Waals surface area contributed by atoms with Gasteiger partial charge in [-0.1, -0.05) is 67.6 Å². The molecule has 4 nitrogen and oxygen atoms in total. The molecule has 3 aromatic carbocycles. The van der Waals surface area contributed by atoms with Crippen molar-refractivity contribution in [3.63, 3.8) is 0 Å². The largest absolute Gasteiger partial charge is 0.438 e. The van der Waals surface area contributed by atoms with Crippen LogP contribution in [0.5, 0.6) is 5.75 Å². The molecule has 1 aliphatic rings. The Balaban J connectivity index is 1.85. The highest BCUT2D eigenvalue weighted by Crippen LogP contribution is 2.42. The maximum absolute atomic E-state index is 13.3. The second kappa shape index (κ2) is 7.52. The first kappa shape index (κ1) is 18.3. The third kappa shape index (κ3) is 3.29. The van der Waals surface area contributed by atoms with Gasteiger partial charge in [0.2, 0.25) is 15.7 Å². The van der Waals surface area contributed by atoms with Crippen LogP contribution in [0.3, 0.4) is 0 Å². The molecule has 28 heavy (non-hydrogen) atoms. The summed E-state index contributed by atoms with van der Waals surface area (Å²) in [6, 6.07) is 26.1. The van der Waals surface area contributed by atoms with Crippen LogP contribution in [0.2, 0.25) is 0 Å². The molecule has 0 aliphatic carbocycles. The number of rotatable bonds is 5. The molecule has 0 atom stereocenters. The molecule has 1 heterocycles. The highest BCUT2D eigenvalue weighted by Gasteiger charge is 2.34. The Morgan fingerprint density at radius 3 is 2.14 bits per heavy atom. The fraction of sp³-hybridized carbons (Fsp3) is 0.130. The van der Waals surface area contributed by atoms with Crippen LogP contribution in [0.1, 0.15) is 18.9 Å². The summed E-state index contributed by atoms with van der Waals surface area (Å²) in [6.45, 7) is 2.37. The average Bonchev–Trinajstić information content (AvgIpc) is 3.08. The Labute approximate surface area is 165 Å². The van der Waals surface area contributed by atoms with Crippen LogP contribution < -0.4 is 9.64 Å². The van der Waals surface area contributed by atoms with Crippen LogP contribution in [0, 0.1) is 0 Å². The number of sulfone groups is 1. The smallest absolute Gasteiger partial charge is 0.216 e. The van der Waals surface area contributed by atoms with Crippen molar-refractivity contribution in [1.82, 2.24) is 0 Å². The van der Waals surface area contributed by atoms with E-state index in [2.05, 4.69) is 0 Å². The van der Waals surface area contributed by atoms with E-state index in [9.17, 15) is 8.42 Å². The number of ether oxygens (including phenoxy) is 1. The van der Waals surface area contributed by atoms with Gasteiger partial charge in [0.15, 0.2) is 5.75 Å². The Kier molecular flexibility index (Phi) is 4.92. The van der Waals surface area contributed by atoms with E-state index in [0.29, 0.717) is 24.6 Å². The fourth-order valence-corrected chi connectivity index (χ4v) is 4.93. The third-order valence-corrected chi connectivity index (χ3v) is 6.73. The number of hydrogen-bond donors (Lipinski definition) is 0. The first-order valence-corrected chi connectivity index (χ1v) is 10.7. The number of para-hydroxylation sites is 2. The van der Waals surface area contributed by atoms with Gasteiger partial charge in [0, 0.05) is 0 Å². The van der Waals surface area contributed by atoms with Crippen molar-refractivity contribution in [1.29, 1.82) is 0 Å². The van der Waals surface area contributed by atoms with Gasteiger partial charge in [0.25, 0.3) is 0 Å². The SMILES string of the molecule is CC/C(=C1\Oc2ccccc2N1Cc1ccccc1)S(=O)(=O)c1ccccc1. The Morgan fingerprint density at radius 1 is 0.857 bits per heavy atom. The molecule has 0 N–H and O–H groups in total. The lowest BCUT2D eigenvalue weighted by Gasteiger charge is -2.21. The molecule has 5 heteroatoms. The lowest BCUT2D eigenvalue weighted by Crippen LogP contribution is -2.24. The van der Waals surface area contributed by atoms with E-state index in [1.54, 1.807) is 30.3 Å². The van der Waals surface area contributed by atoms with Gasteiger partial charge in [-0.3, -0.25) is 0 Å². The number of nitrogens with zero attached hydrogens (tertiary/aromatic N) is 1. The minimum absolute atomic E-state index is 0.276. The summed E-state index contributed by atoms with van der Waals surface area (Å²) in [5.74, 6) is 1.05. The summed E-state index contributed by atoms with van der Waals surface area (Å²) in [5.41, 5.74) is 1.95. The molecule has 0 aromatic heterocycles. The zero-order chi connectivity index (χ0) is 19.6. The number of benzene rings is 3. The van der Waals surface area contributed by atoms with Crippen molar-refractivity contribution in [2.75, 3.05) is 4.90 Å². The predicted octanol–water partition coefficient (Wildman–Crippen LogP) is 5.14. The van der Waals surface area contributed by atoms with E-state index < -0.39 is 9.84 Å². The van der Waals surface area contributed by atoms with Gasteiger partial charge in [-0.2, -0.15) is 0 Å². The van der Waals surface area contributed by atoms with E-state index >= 15 is 0 Å². The van der Waals surface area contributed by atoms with Gasteiger partial charge in [0.05, 0.1) is 17.1 Å². The predicted molar refractivity (Wildman–Crippen MR) is 111 cm³/mol. The van der Waals surface area contributed by atoms with E-state index in [1.165, 1.54) is 0 Å². The standard InChI is InChI=1S/C23H21NO3S/c1-2-22(28(25,26)19-13-7-4-8-14-19)23-24(17-18-11-5-3-6-12-18)20-15-9-10-16-21(20)27-23/h3-16H,2,17H2,1H3/b23-22+. The summed E-state index contributed by atoms with van der Waals surface area (Å²) >= 11 is 0. The first-order valence-electron chi connectivity index (χ1n) is 9.23. The second-order valence-electron chi connectivity index (χ2n) is 6.54. The molecule has 0 unspecified atom stereocenters. The first-order chi connectivity index (χ1) is 13.6. The van der Waals surface area contributed by atoms with Gasteiger partial charge >= 0.3 is 0 Å². The molecule has 0 spiro atoms. The van der Waals surface area contributed by atoms with Gasteiger partial charge in [0.1, 0.15) is 4.91 Å². The molecule has 0 bridgehead atoms. The third-order valence-electron chi connectivity index (χ3n) is 4.73. The van der Waals surface area contributed by atoms with Crippen molar-refractivity contribution in [3.8, 4) is 5.75 Å². The van der Waals surface area contributed by atoms with Crippen LogP contribution in [0.4, 0.5) is 5.69 Å². The minimum Gasteiger partial charge on any atom is -0.438 e. The molecule has 3 aromatic rings. The molecule has 0 fully saturated rings. The van der Waals surface area contributed by atoms with Crippen LogP contribution >= 0.6 is 0 Å². The molecule has 0 radical (unpaired) electrons. The van der Waals surface area contributed by atoms with Gasteiger partial charge in [-0.15, -0.1) is 0 Å². The molecule has 4 rings (SSSR count). The van der Waals surface area contributed by atoms with Crippen LogP contribution in [0.25, 0.3) is 0 Å². The summed E-state index contributed by atoms with van der Waals surface area (Å²) in [5, 5.41) is 0. The zero-order valence-corrected chi connectivity index (χ0v) is 16.4. The molecule has 0 saturated carbocycles. The topological polar surface area (TPSA) is 46.6 Å². The summed E-state index contributed by atoms with van der Waals surface area (Å²) < 4.78 is 32.7. The normalized spacial score (nSPS) is 15.1. The molecular formula is C23H21NO3S. The van der Waals surface area contributed by atoms with E-state index in [4.69, 9.17) is 4.74 Å². The van der Waals surface area contributed by atoms with Gasteiger partial charge < -0.3 is 9.64 Å². The maximum Gasteiger partial charge on any atom is 0.216 e. The zero-order valence-electron chi connectivity index (χ0n) is 15.6. The summed E-state index contributed by atoms with van der Waals surface area (Å²) in [6.07, 6.45) is 0.339. The number of anilines is 1. The highest BCUT2D eigenvalue weighted by atomic mass is 32.2. The number of hydrogen-bond acceptors (Lipinski definition) is 4. The van der Waals surface area contributed by atoms with Crippen molar-refractivity contribution in [2.45, 2.75) is 24.8 Å². The number of fused-ring (bicyclic) bond motifs is 1. The average molecular weight is 391 g/mol. The van der Waals surface area contributed by atoms with Crippen molar-refractivity contribution in [3.05, 3.63) is 101 Å². The second-order valence-corrected chi connectivity index (χ2v) is 8.51. The van der Waals surface area contributed by atoms with Crippen molar-refractivity contribution < 1.29 is 13.2 Å². The van der Waals surface area contributed by atoms with Crippen LogP contribution in [-0.2, 0) is 16.4 Å². The van der Waals surface area contributed by atoms with Crippen molar-refractivity contribution >= 4 is 15.5 Å². The Bertz CT molecular complexity index is 1110. The van der Waals surface area contributed by atoms with Gasteiger partial charge in [-0.05, 0) is 36.2 Å². The minimum atomic E-state index is -3.66. The van der Waals surface area contributed by atoms with E-state index in [1.807, 2.05) is 66.4 Å². The number of allylic oxidation sites excluding steroid dienone is 1.